The highest BCUT2D eigenvalue weighted by Crippen LogP contribution is 2.37. The molecule has 1 N–H and O–H groups in total. The van der Waals surface area contributed by atoms with Crippen molar-refractivity contribution in [2.45, 2.75) is 30.6 Å². The minimum Gasteiger partial charge on any atom is -0.478 e. The van der Waals surface area contributed by atoms with Crippen LogP contribution < -0.4 is 0 Å². The van der Waals surface area contributed by atoms with E-state index in [0.29, 0.717) is 16.9 Å². The zero-order valence-corrected chi connectivity index (χ0v) is 11.6. The Morgan fingerprint density at radius 2 is 2.32 bits per heavy atom. The lowest BCUT2D eigenvalue weighted by Crippen LogP contribution is -2.05. The zero-order chi connectivity index (χ0) is 13.4. The normalized spacial score (nSPS) is 23.0. The Labute approximate surface area is 115 Å². The molecule has 0 spiro atoms. The maximum absolute atomic E-state index is 11.1. The third-order valence-electron chi connectivity index (χ3n) is 3.91. The van der Waals surface area contributed by atoms with Gasteiger partial charge >= 0.3 is 5.97 Å². The molecule has 2 aromatic rings. The van der Waals surface area contributed by atoms with Gasteiger partial charge in [-0.1, -0.05) is 0 Å². The monoisotopic (exact) mass is 276 g/mol. The van der Waals surface area contributed by atoms with E-state index in [1.807, 2.05) is 18.1 Å². The average Bonchev–Trinajstić information content (AvgIpc) is 3.03. The highest BCUT2D eigenvalue weighted by Gasteiger charge is 2.26. The number of benzene rings is 1. The summed E-state index contributed by atoms with van der Waals surface area (Å²) in [5.41, 5.74) is 2.14. The molecule has 19 heavy (non-hydrogen) atoms. The predicted molar refractivity (Wildman–Crippen MR) is 76.9 cm³/mol. The van der Waals surface area contributed by atoms with Crippen molar-refractivity contribution >= 4 is 28.8 Å². The summed E-state index contributed by atoms with van der Waals surface area (Å²) in [6.07, 6.45) is 7.52. The number of hydrogen-bond donors (Lipinski definition) is 1. The lowest BCUT2D eigenvalue weighted by Gasteiger charge is -2.13. The topological polar surface area (TPSA) is 55.1 Å². The largest absolute Gasteiger partial charge is 0.478 e. The number of imidazole rings is 1. The molecule has 0 amide bonds. The zero-order valence-electron chi connectivity index (χ0n) is 10.7. The summed E-state index contributed by atoms with van der Waals surface area (Å²) in [5.74, 6) is -0.886. The third-order valence-corrected chi connectivity index (χ3v) is 5.00. The van der Waals surface area contributed by atoms with Gasteiger partial charge < -0.3 is 9.67 Å². The van der Waals surface area contributed by atoms with Crippen molar-refractivity contribution in [1.82, 2.24) is 9.55 Å². The van der Waals surface area contributed by atoms with Gasteiger partial charge in [0.15, 0.2) is 0 Å². The fraction of sp³-hybridized carbons (Fsp3) is 0.429. The number of hydrogen-bond acceptors (Lipinski definition) is 3. The second-order valence-corrected chi connectivity index (χ2v) is 6.12. The highest BCUT2D eigenvalue weighted by atomic mass is 32.2. The second kappa shape index (κ2) is 4.89. The van der Waals surface area contributed by atoms with Crippen LogP contribution in [0.2, 0.25) is 0 Å². The average molecular weight is 276 g/mol. The molecule has 2 atom stereocenters. The van der Waals surface area contributed by atoms with Crippen LogP contribution in [0.1, 0.15) is 35.7 Å². The van der Waals surface area contributed by atoms with Gasteiger partial charge in [0.1, 0.15) is 0 Å². The van der Waals surface area contributed by atoms with Crippen LogP contribution in [0.15, 0.2) is 24.5 Å². The van der Waals surface area contributed by atoms with E-state index in [9.17, 15) is 4.79 Å². The molecule has 4 nitrogen and oxygen atoms in total. The molecule has 100 valence electrons. The number of nitrogens with zero attached hydrogens (tertiary/aromatic N) is 2. The molecule has 1 saturated carbocycles. The molecular formula is C14H16N2O2S. The number of rotatable bonds is 3. The SMILES string of the molecule is CSC1CCC(n2cnc3ccc(C(=O)O)cc32)C1. The molecule has 0 saturated heterocycles. The van der Waals surface area contributed by atoms with Crippen LogP contribution in [0.4, 0.5) is 0 Å². The summed E-state index contributed by atoms with van der Waals surface area (Å²) >= 11 is 1.92. The summed E-state index contributed by atoms with van der Waals surface area (Å²) in [6, 6.07) is 5.58. The van der Waals surface area contributed by atoms with Crippen LogP contribution >= 0.6 is 11.8 Å². The standard InChI is InChI=1S/C14H16N2O2S/c1-19-11-4-3-10(7-11)16-8-15-12-5-2-9(14(17)18)6-13(12)16/h2,5-6,8,10-11H,3-4,7H2,1H3,(H,17,18). The van der Waals surface area contributed by atoms with Gasteiger partial charge in [0.05, 0.1) is 22.9 Å². The Kier molecular flexibility index (Phi) is 3.22. The Morgan fingerprint density at radius 3 is 3.00 bits per heavy atom. The molecule has 1 aliphatic rings. The summed E-state index contributed by atoms with van der Waals surface area (Å²) in [7, 11) is 0. The molecule has 0 bridgehead atoms. The highest BCUT2D eigenvalue weighted by molar-refractivity contribution is 7.99. The molecule has 0 radical (unpaired) electrons. The fourth-order valence-corrected chi connectivity index (χ4v) is 3.62. The summed E-state index contributed by atoms with van der Waals surface area (Å²) in [4.78, 5) is 15.4. The van der Waals surface area contributed by atoms with Gasteiger partial charge in [-0.2, -0.15) is 11.8 Å². The number of carboxylic acid groups (broad SMARTS) is 1. The van der Waals surface area contributed by atoms with Crippen molar-refractivity contribution < 1.29 is 9.90 Å². The lowest BCUT2D eigenvalue weighted by molar-refractivity contribution is 0.0697. The van der Waals surface area contributed by atoms with E-state index in [0.717, 1.165) is 23.9 Å². The number of aromatic carboxylic acids is 1. The van der Waals surface area contributed by atoms with Crippen molar-refractivity contribution in [1.29, 1.82) is 0 Å². The summed E-state index contributed by atoms with van der Waals surface area (Å²) in [6.45, 7) is 0. The molecule has 1 aromatic carbocycles. The Bertz CT molecular complexity index is 623. The first kappa shape index (κ1) is 12.5. The van der Waals surface area contributed by atoms with Crippen LogP contribution in [-0.2, 0) is 0 Å². The van der Waals surface area contributed by atoms with E-state index in [1.54, 1.807) is 18.2 Å². The van der Waals surface area contributed by atoms with Gasteiger partial charge in [-0.3, -0.25) is 0 Å². The van der Waals surface area contributed by atoms with Gasteiger partial charge in [-0.05, 0) is 43.7 Å². The van der Waals surface area contributed by atoms with Crippen LogP contribution in [-0.4, -0.2) is 32.1 Å². The first-order valence-corrected chi connectivity index (χ1v) is 7.70. The molecule has 0 aliphatic heterocycles. The van der Waals surface area contributed by atoms with Crippen molar-refractivity contribution in [2.75, 3.05) is 6.26 Å². The minimum atomic E-state index is -0.886. The van der Waals surface area contributed by atoms with Crippen LogP contribution in [0.5, 0.6) is 0 Å². The summed E-state index contributed by atoms with van der Waals surface area (Å²) < 4.78 is 2.15. The molecule has 1 fully saturated rings. The third kappa shape index (κ3) is 2.23. The molecule has 1 aliphatic carbocycles. The lowest BCUT2D eigenvalue weighted by atomic mass is 10.2. The number of fused-ring (bicyclic) bond motifs is 1. The molecule has 5 heteroatoms. The minimum absolute atomic E-state index is 0.327. The Hall–Kier alpha value is -1.49. The van der Waals surface area contributed by atoms with Gasteiger partial charge in [0, 0.05) is 11.3 Å². The molecule has 1 aromatic heterocycles. The van der Waals surface area contributed by atoms with Gasteiger partial charge in [-0.25, -0.2) is 9.78 Å². The number of aromatic nitrogens is 2. The molecule has 3 rings (SSSR count). The molecule has 2 unspecified atom stereocenters. The van der Waals surface area contributed by atoms with Gasteiger partial charge in [0.2, 0.25) is 0 Å². The Morgan fingerprint density at radius 1 is 1.47 bits per heavy atom. The number of carbonyl (C=O) groups is 1. The first-order valence-electron chi connectivity index (χ1n) is 6.41. The second-order valence-electron chi connectivity index (χ2n) is 4.99. The van der Waals surface area contributed by atoms with Crippen molar-refractivity contribution in [3.63, 3.8) is 0 Å². The van der Waals surface area contributed by atoms with E-state index in [1.165, 1.54) is 6.42 Å². The van der Waals surface area contributed by atoms with Crippen LogP contribution in [0.3, 0.4) is 0 Å². The van der Waals surface area contributed by atoms with Crippen molar-refractivity contribution in [2.24, 2.45) is 0 Å². The first-order chi connectivity index (χ1) is 9.19. The molecule has 1 heterocycles. The van der Waals surface area contributed by atoms with E-state index < -0.39 is 5.97 Å². The van der Waals surface area contributed by atoms with Crippen LogP contribution in [0.25, 0.3) is 11.0 Å². The van der Waals surface area contributed by atoms with E-state index in [-0.39, 0.29) is 0 Å². The van der Waals surface area contributed by atoms with Crippen molar-refractivity contribution in [3.05, 3.63) is 30.1 Å². The maximum atomic E-state index is 11.1. The smallest absolute Gasteiger partial charge is 0.335 e. The number of carboxylic acids is 1. The summed E-state index contributed by atoms with van der Waals surface area (Å²) in [5, 5.41) is 9.80. The van der Waals surface area contributed by atoms with Gasteiger partial charge in [0.25, 0.3) is 0 Å². The van der Waals surface area contributed by atoms with E-state index >= 15 is 0 Å². The van der Waals surface area contributed by atoms with E-state index in [4.69, 9.17) is 5.11 Å². The fourth-order valence-electron chi connectivity index (χ4n) is 2.83. The van der Waals surface area contributed by atoms with Crippen molar-refractivity contribution in [3.8, 4) is 0 Å². The molecular weight excluding hydrogens is 260 g/mol. The number of thioether (sulfide) groups is 1. The maximum Gasteiger partial charge on any atom is 0.335 e. The van der Waals surface area contributed by atoms with Crippen LogP contribution in [0, 0.1) is 0 Å². The quantitative estimate of drug-likeness (QED) is 0.935. The predicted octanol–water partition coefficient (Wildman–Crippen LogP) is 3.19. The Balaban J connectivity index is 1.99. The van der Waals surface area contributed by atoms with Gasteiger partial charge in [-0.15, -0.1) is 0 Å². The van der Waals surface area contributed by atoms with E-state index in [2.05, 4.69) is 15.8 Å².